The smallest absolute Gasteiger partial charge is 0.339 e. The Balaban J connectivity index is 1.85. The van der Waals surface area contributed by atoms with Crippen molar-refractivity contribution in [2.75, 3.05) is 6.61 Å². The first-order valence-corrected chi connectivity index (χ1v) is 7.86. The van der Waals surface area contributed by atoms with Crippen LogP contribution in [0.4, 0.5) is 0 Å². The van der Waals surface area contributed by atoms with Crippen LogP contribution in [0.2, 0.25) is 15.1 Å². The van der Waals surface area contributed by atoms with Crippen LogP contribution in [0.3, 0.4) is 0 Å². The van der Waals surface area contributed by atoms with E-state index in [-0.39, 0.29) is 15.6 Å². The van der Waals surface area contributed by atoms with E-state index in [1.165, 1.54) is 31.4 Å². The highest BCUT2D eigenvalue weighted by Gasteiger charge is 2.30. The van der Waals surface area contributed by atoms with Crippen molar-refractivity contribution >= 4 is 40.8 Å². The summed E-state index contributed by atoms with van der Waals surface area (Å²) in [4.78, 5) is 12.0. The molecule has 0 radical (unpaired) electrons. The Labute approximate surface area is 134 Å². The van der Waals surface area contributed by atoms with Crippen LogP contribution < -0.4 is 0 Å². The minimum absolute atomic E-state index is 0.187. The summed E-state index contributed by atoms with van der Waals surface area (Å²) in [5.41, 5.74) is 0.669. The maximum atomic E-state index is 12.0. The van der Waals surface area contributed by atoms with Gasteiger partial charge in [0.25, 0.3) is 0 Å². The highest BCUT2D eigenvalue weighted by molar-refractivity contribution is 6.45. The van der Waals surface area contributed by atoms with Gasteiger partial charge >= 0.3 is 5.97 Å². The Morgan fingerprint density at radius 1 is 1.30 bits per heavy atom. The molecular weight excluding hydrogens is 319 g/mol. The van der Waals surface area contributed by atoms with E-state index < -0.39 is 5.97 Å². The molecule has 1 aromatic carbocycles. The molecule has 0 unspecified atom stereocenters. The van der Waals surface area contributed by atoms with Crippen LogP contribution in [0.15, 0.2) is 12.1 Å². The van der Waals surface area contributed by atoms with Crippen molar-refractivity contribution in [3.63, 3.8) is 0 Å². The van der Waals surface area contributed by atoms with Gasteiger partial charge in [0.15, 0.2) is 0 Å². The molecule has 5 heteroatoms. The third-order valence-electron chi connectivity index (χ3n) is 3.93. The topological polar surface area (TPSA) is 26.3 Å². The summed E-state index contributed by atoms with van der Waals surface area (Å²) in [6.07, 6.45) is 5.82. The number of ether oxygens (including phenoxy) is 1. The van der Waals surface area contributed by atoms with Crippen molar-refractivity contribution in [1.29, 1.82) is 0 Å². The first-order valence-electron chi connectivity index (χ1n) is 6.73. The molecule has 1 fully saturated rings. The Morgan fingerprint density at radius 2 is 2.00 bits per heavy atom. The number of benzene rings is 1. The maximum absolute atomic E-state index is 12.0. The molecule has 20 heavy (non-hydrogen) atoms. The fourth-order valence-electron chi connectivity index (χ4n) is 2.48. The third kappa shape index (κ3) is 3.81. The zero-order chi connectivity index (χ0) is 14.8. The zero-order valence-electron chi connectivity index (χ0n) is 11.3. The number of hydrogen-bond acceptors (Lipinski definition) is 2. The summed E-state index contributed by atoms with van der Waals surface area (Å²) in [5, 5.41) is 0.813. The minimum Gasteiger partial charge on any atom is -0.462 e. The molecule has 0 aliphatic heterocycles. The van der Waals surface area contributed by atoms with E-state index in [0.29, 0.717) is 17.0 Å². The Hall–Kier alpha value is -0.440. The van der Waals surface area contributed by atoms with Gasteiger partial charge in [0.05, 0.1) is 22.2 Å². The van der Waals surface area contributed by atoms with Crippen molar-refractivity contribution in [3.8, 4) is 0 Å². The molecule has 0 amide bonds. The lowest BCUT2D eigenvalue weighted by atomic mass is 9.68. The Morgan fingerprint density at radius 3 is 2.60 bits per heavy atom. The lowest BCUT2D eigenvalue weighted by Crippen LogP contribution is -2.25. The largest absolute Gasteiger partial charge is 0.462 e. The van der Waals surface area contributed by atoms with Crippen molar-refractivity contribution in [3.05, 3.63) is 32.8 Å². The van der Waals surface area contributed by atoms with Crippen molar-refractivity contribution in [2.45, 2.75) is 39.0 Å². The SMILES string of the molecule is CC1(CCCOC(=O)c2cc(Cl)cc(Cl)c2Cl)CCC1. The molecule has 0 heterocycles. The number of carbonyl (C=O) groups is 1. The molecule has 2 rings (SSSR count). The first-order chi connectivity index (χ1) is 9.41. The number of esters is 1. The average molecular weight is 336 g/mol. The zero-order valence-corrected chi connectivity index (χ0v) is 13.6. The van der Waals surface area contributed by atoms with Gasteiger partial charge in [-0.25, -0.2) is 4.79 Å². The van der Waals surface area contributed by atoms with E-state index in [4.69, 9.17) is 39.5 Å². The van der Waals surface area contributed by atoms with E-state index in [0.717, 1.165) is 12.8 Å². The summed E-state index contributed by atoms with van der Waals surface area (Å²) >= 11 is 17.7. The van der Waals surface area contributed by atoms with Crippen LogP contribution in [0.5, 0.6) is 0 Å². The van der Waals surface area contributed by atoms with Gasteiger partial charge in [-0.2, -0.15) is 0 Å². The molecule has 0 bridgehead atoms. The van der Waals surface area contributed by atoms with Gasteiger partial charge in [0.2, 0.25) is 0 Å². The molecule has 2 nitrogen and oxygen atoms in total. The molecule has 0 saturated heterocycles. The molecule has 1 aliphatic rings. The van der Waals surface area contributed by atoms with E-state index in [9.17, 15) is 4.79 Å². The van der Waals surface area contributed by atoms with Gasteiger partial charge in [0.1, 0.15) is 0 Å². The third-order valence-corrected chi connectivity index (χ3v) is 4.95. The molecule has 1 aliphatic carbocycles. The van der Waals surface area contributed by atoms with Gasteiger partial charge in [-0.3, -0.25) is 0 Å². The van der Waals surface area contributed by atoms with E-state index in [1.54, 1.807) is 0 Å². The van der Waals surface area contributed by atoms with Crippen LogP contribution >= 0.6 is 34.8 Å². The van der Waals surface area contributed by atoms with Crippen LogP contribution in [0.1, 0.15) is 49.4 Å². The fourth-order valence-corrected chi connectivity index (χ4v) is 3.16. The van der Waals surface area contributed by atoms with Gasteiger partial charge in [-0.05, 0) is 43.2 Å². The summed E-state index contributed by atoms with van der Waals surface area (Å²) in [6.45, 7) is 2.68. The van der Waals surface area contributed by atoms with E-state index >= 15 is 0 Å². The molecule has 1 saturated carbocycles. The van der Waals surface area contributed by atoms with Crippen LogP contribution in [0.25, 0.3) is 0 Å². The predicted molar refractivity (Wildman–Crippen MR) is 82.9 cm³/mol. The van der Waals surface area contributed by atoms with E-state index in [1.807, 2.05) is 0 Å². The molecule has 110 valence electrons. The molecule has 0 N–H and O–H groups in total. The Kier molecular flexibility index (Phi) is 5.22. The van der Waals surface area contributed by atoms with Gasteiger partial charge in [-0.15, -0.1) is 0 Å². The highest BCUT2D eigenvalue weighted by atomic mass is 35.5. The summed E-state index contributed by atoms with van der Waals surface area (Å²) in [5.74, 6) is -0.474. The van der Waals surface area contributed by atoms with Crippen molar-refractivity contribution in [2.24, 2.45) is 5.41 Å². The van der Waals surface area contributed by atoms with Crippen LogP contribution in [-0.2, 0) is 4.74 Å². The molecule has 1 aromatic rings. The second-order valence-corrected chi connectivity index (χ2v) is 6.87. The monoisotopic (exact) mass is 334 g/mol. The fraction of sp³-hybridized carbons (Fsp3) is 0.533. The standard InChI is InChI=1S/C15H17Cl3O2/c1-15(4-2-5-15)6-3-7-20-14(19)11-8-10(16)9-12(17)13(11)18/h8-9H,2-7H2,1H3. The van der Waals surface area contributed by atoms with Gasteiger partial charge < -0.3 is 4.74 Å². The quantitative estimate of drug-likeness (QED) is 0.387. The first kappa shape index (κ1) is 15.9. The van der Waals surface area contributed by atoms with Crippen molar-refractivity contribution < 1.29 is 9.53 Å². The highest BCUT2D eigenvalue weighted by Crippen LogP contribution is 2.44. The molecule has 0 atom stereocenters. The lowest BCUT2D eigenvalue weighted by Gasteiger charge is -2.38. The van der Waals surface area contributed by atoms with Crippen LogP contribution in [0, 0.1) is 5.41 Å². The minimum atomic E-state index is -0.474. The predicted octanol–water partition coefficient (Wildman–Crippen LogP) is 5.77. The van der Waals surface area contributed by atoms with E-state index in [2.05, 4.69) is 6.92 Å². The molecule has 0 aromatic heterocycles. The summed E-state index contributed by atoms with van der Waals surface area (Å²) in [7, 11) is 0. The summed E-state index contributed by atoms with van der Waals surface area (Å²) in [6, 6.07) is 2.98. The number of rotatable bonds is 5. The number of hydrogen-bond donors (Lipinski definition) is 0. The summed E-state index contributed by atoms with van der Waals surface area (Å²) < 4.78 is 5.24. The second-order valence-electron chi connectivity index (χ2n) is 5.65. The number of carbonyl (C=O) groups excluding carboxylic acids is 1. The van der Waals surface area contributed by atoms with Crippen molar-refractivity contribution in [1.82, 2.24) is 0 Å². The second kappa shape index (κ2) is 6.55. The van der Waals surface area contributed by atoms with Gasteiger partial charge in [0, 0.05) is 5.02 Å². The number of halogens is 3. The Bertz CT molecular complexity index is 510. The maximum Gasteiger partial charge on any atom is 0.339 e. The lowest BCUT2D eigenvalue weighted by molar-refractivity contribution is 0.0461. The molecule has 0 spiro atoms. The van der Waals surface area contributed by atoms with Gasteiger partial charge in [-0.1, -0.05) is 48.1 Å². The van der Waals surface area contributed by atoms with Crippen LogP contribution in [-0.4, -0.2) is 12.6 Å². The normalized spacial score (nSPS) is 16.6. The molecular formula is C15H17Cl3O2. The average Bonchev–Trinajstić information content (AvgIpc) is 2.36.